The number of para-hydroxylation sites is 2. The summed E-state index contributed by atoms with van der Waals surface area (Å²) in [7, 11) is 0. The summed E-state index contributed by atoms with van der Waals surface area (Å²) in [5.74, 6) is 0. The molecule has 59 heavy (non-hydrogen) atoms. The normalized spacial score (nSPS) is 15.9. The van der Waals surface area contributed by atoms with Crippen molar-refractivity contribution in [3.05, 3.63) is 162 Å². The molecule has 0 fully saturated rings. The van der Waals surface area contributed by atoms with E-state index < -0.39 is 0 Å². The molecule has 0 spiro atoms. The summed E-state index contributed by atoms with van der Waals surface area (Å²) in [6.07, 6.45) is 5.75. The Kier molecular flexibility index (Phi) is 8.12. The maximum absolute atomic E-state index is 6.73. The third kappa shape index (κ3) is 5.55. The number of aryl methyl sites for hydroxylation is 2. The van der Waals surface area contributed by atoms with Gasteiger partial charge in [-0.05, 0) is 136 Å². The van der Waals surface area contributed by atoms with Crippen molar-refractivity contribution in [2.24, 2.45) is 0 Å². The summed E-state index contributed by atoms with van der Waals surface area (Å²) >= 11 is 0. The summed E-state index contributed by atoms with van der Waals surface area (Å²) in [4.78, 5) is 5.25. The van der Waals surface area contributed by atoms with Gasteiger partial charge in [-0.25, -0.2) is 0 Å². The van der Waals surface area contributed by atoms with Crippen LogP contribution in [0.1, 0.15) is 82.6 Å². The monoisotopic (exact) mass is 766 g/mol. The second kappa shape index (κ2) is 13.3. The molecule has 7 aromatic carbocycles. The van der Waals surface area contributed by atoms with Gasteiger partial charge in [-0.2, -0.15) is 0 Å². The summed E-state index contributed by atoms with van der Waals surface area (Å²) in [6.45, 7) is 14.3. The van der Waals surface area contributed by atoms with Gasteiger partial charge in [0.25, 0.3) is 0 Å². The highest BCUT2D eigenvalue weighted by atomic mass is 16.3. The highest BCUT2D eigenvalue weighted by molar-refractivity contribution is 6.93. The molecule has 1 aromatic heterocycles. The Morgan fingerprint density at radius 1 is 0.593 bits per heavy atom. The van der Waals surface area contributed by atoms with Gasteiger partial charge in [-0.15, -0.1) is 0 Å². The van der Waals surface area contributed by atoms with Gasteiger partial charge in [-0.1, -0.05) is 126 Å². The highest BCUT2D eigenvalue weighted by Gasteiger charge is 2.47. The van der Waals surface area contributed by atoms with Crippen LogP contribution < -0.4 is 20.6 Å². The minimum atomic E-state index is -0.0819. The first-order valence-electron chi connectivity index (χ1n) is 21.7. The quantitative estimate of drug-likeness (QED) is 0.157. The predicted molar refractivity (Wildman–Crippen MR) is 252 cm³/mol. The van der Waals surface area contributed by atoms with Gasteiger partial charge < -0.3 is 14.1 Å². The number of furan rings is 1. The second-order valence-electron chi connectivity index (χ2n) is 18.7. The van der Waals surface area contributed by atoms with Gasteiger partial charge in [0, 0.05) is 50.7 Å². The van der Waals surface area contributed by atoms with Crippen LogP contribution in [0.5, 0.6) is 0 Å². The van der Waals surface area contributed by atoms with Crippen molar-refractivity contribution in [1.82, 2.24) is 0 Å². The molecule has 11 rings (SSSR count). The van der Waals surface area contributed by atoms with E-state index in [1.54, 1.807) is 0 Å². The summed E-state index contributed by atoms with van der Waals surface area (Å²) < 4.78 is 6.73. The summed E-state index contributed by atoms with van der Waals surface area (Å²) in [6, 6.07) is 52.8. The molecule has 0 N–H and O–H groups in total. The van der Waals surface area contributed by atoms with Crippen LogP contribution in [-0.4, -0.2) is 6.85 Å². The minimum absolute atomic E-state index is 0.0700. The van der Waals surface area contributed by atoms with E-state index in [4.69, 9.17) is 4.42 Å². The van der Waals surface area contributed by atoms with Crippen molar-refractivity contribution in [3.8, 4) is 22.3 Å². The van der Waals surface area contributed by atoms with E-state index in [0.29, 0.717) is 0 Å². The molecule has 290 valence electrons. The molecule has 0 saturated carbocycles. The number of unbranched alkanes of at least 4 members (excludes halogenated alkanes) is 1. The first kappa shape index (κ1) is 36.1. The van der Waals surface area contributed by atoms with Crippen molar-refractivity contribution < 1.29 is 4.42 Å². The molecule has 0 amide bonds. The van der Waals surface area contributed by atoms with Crippen LogP contribution in [0.15, 0.2) is 144 Å². The fraction of sp³-hybridized carbons (Fsp3) is 0.236. The van der Waals surface area contributed by atoms with E-state index in [1.165, 1.54) is 104 Å². The third-order valence-corrected chi connectivity index (χ3v) is 13.9. The van der Waals surface area contributed by atoms with Crippen molar-refractivity contribution >= 4 is 68.1 Å². The van der Waals surface area contributed by atoms with Gasteiger partial charge in [0.2, 0.25) is 0 Å². The van der Waals surface area contributed by atoms with Crippen LogP contribution in [0.2, 0.25) is 0 Å². The van der Waals surface area contributed by atoms with Crippen LogP contribution in [-0.2, 0) is 17.3 Å². The smallest absolute Gasteiger partial charge is 0.333 e. The van der Waals surface area contributed by atoms with E-state index in [9.17, 15) is 0 Å². The maximum Gasteiger partial charge on any atom is 0.333 e. The molecule has 0 saturated heterocycles. The zero-order valence-electron chi connectivity index (χ0n) is 35.2. The largest absolute Gasteiger partial charge is 0.456 e. The molecule has 0 atom stereocenters. The number of hydrogen-bond acceptors (Lipinski definition) is 3. The Labute approximate surface area is 349 Å². The van der Waals surface area contributed by atoms with Crippen molar-refractivity contribution in [2.75, 3.05) is 9.71 Å². The number of anilines is 5. The molecule has 1 aliphatic carbocycles. The average Bonchev–Trinajstić information content (AvgIpc) is 3.61. The van der Waals surface area contributed by atoms with Gasteiger partial charge in [0.1, 0.15) is 11.2 Å². The van der Waals surface area contributed by atoms with Crippen molar-refractivity contribution in [1.29, 1.82) is 0 Å². The van der Waals surface area contributed by atoms with Crippen LogP contribution in [0.3, 0.4) is 0 Å². The molecular weight excluding hydrogens is 715 g/mol. The molecule has 0 radical (unpaired) electrons. The van der Waals surface area contributed by atoms with E-state index in [2.05, 4.69) is 191 Å². The minimum Gasteiger partial charge on any atom is -0.456 e. The molecule has 3 nitrogen and oxygen atoms in total. The van der Waals surface area contributed by atoms with E-state index >= 15 is 0 Å². The highest BCUT2D eigenvalue weighted by Crippen LogP contribution is 2.54. The zero-order valence-corrected chi connectivity index (χ0v) is 35.2. The number of nitrogens with zero attached hydrogens (tertiary/aromatic N) is 2. The molecule has 3 heterocycles. The standard InChI is InChI=1S/C55H51BN2O/c1-7-8-17-36-24-25-47(40(30-36)37-18-11-9-12-19-37)57-49-34-52-42(39-22-15-16-23-51(39)59-52)32-46(49)56-53-43(28-35(2)29-50(53)57)41-31-44-45(55(5,6)27-26-54(44,3)4)33-48(41)58(56)38-20-13-10-14-21-38/h9-16,18-25,28-34H,7-8,17,26-27H2,1-6H3. The van der Waals surface area contributed by atoms with E-state index in [-0.39, 0.29) is 17.7 Å². The molecule has 0 bridgehead atoms. The third-order valence-electron chi connectivity index (χ3n) is 13.9. The van der Waals surface area contributed by atoms with Gasteiger partial charge >= 0.3 is 6.85 Å². The zero-order chi connectivity index (χ0) is 40.2. The van der Waals surface area contributed by atoms with E-state index in [1.807, 2.05) is 0 Å². The van der Waals surface area contributed by atoms with Crippen molar-refractivity contribution in [3.63, 3.8) is 0 Å². The Morgan fingerprint density at radius 2 is 1.31 bits per heavy atom. The van der Waals surface area contributed by atoms with Crippen LogP contribution >= 0.6 is 0 Å². The van der Waals surface area contributed by atoms with Gasteiger partial charge in [0.15, 0.2) is 0 Å². The van der Waals surface area contributed by atoms with Gasteiger partial charge in [-0.3, -0.25) is 0 Å². The lowest BCUT2D eigenvalue weighted by atomic mass is 9.43. The molecular formula is C55H51BN2O. The SMILES string of the molecule is CCCCc1ccc(N2c3cc4oc5ccccc5c4cc3B3c4c(cc(C)cc42)-c2cc4c(cc2N3c2ccccc2)C(C)(C)CCC4(C)C)c(-c2ccccc2)c1. The number of hydrogen-bond donors (Lipinski definition) is 0. The summed E-state index contributed by atoms with van der Waals surface area (Å²) in [5, 5.41) is 2.30. The molecule has 0 unspecified atom stereocenters. The fourth-order valence-electron chi connectivity index (χ4n) is 10.7. The van der Waals surface area contributed by atoms with Crippen LogP contribution in [0.25, 0.3) is 44.2 Å². The first-order valence-corrected chi connectivity index (χ1v) is 21.7. The Hall–Kier alpha value is -6.00. The molecule has 4 heteroatoms. The van der Waals surface area contributed by atoms with Crippen molar-refractivity contribution in [2.45, 2.75) is 84.5 Å². The summed E-state index contributed by atoms with van der Waals surface area (Å²) in [5.41, 5.74) is 21.4. The Morgan fingerprint density at radius 3 is 2.07 bits per heavy atom. The lowest BCUT2D eigenvalue weighted by Crippen LogP contribution is -2.61. The van der Waals surface area contributed by atoms with E-state index in [0.717, 1.165) is 34.0 Å². The number of rotatable bonds is 6. The van der Waals surface area contributed by atoms with Crippen LogP contribution in [0.4, 0.5) is 28.4 Å². The lowest BCUT2D eigenvalue weighted by Gasteiger charge is -2.48. The predicted octanol–water partition coefficient (Wildman–Crippen LogP) is 14.0. The average molecular weight is 767 g/mol. The molecule has 3 aliphatic rings. The molecule has 8 aromatic rings. The molecule has 2 aliphatic heterocycles. The second-order valence-corrected chi connectivity index (χ2v) is 18.7. The number of benzene rings is 7. The topological polar surface area (TPSA) is 19.6 Å². The fourth-order valence-corrected chi connectivity index (χ4v) is 10.7. The van der Waals surface area contributed by atoms with Crippen LogP contribution in [0, 0.1) is 6.92 Å². The van der Waals surface area contributed by atoms with Gasteiger partial charge in [0.05, 0.1) is 5.69 Å². The lowest BCUT2D eigenvalue weighted by molar-refractivity contribution is 0.332. The maximum atomic E-state index is 6.73. The first-order chi connectivity index (χ1) is 28.6. The number of fused-ring (bicyclic) bond motifs is 8. The Bertz CT molecular complexity index is 2960. The Balaban J connectivity index is 1.28.